The number of nitrogens with zero attached hydrogens (tertiary/aromatic N) is 1. The lowest BCUT2D eigenvalue weighted by molar-refractivity contribution is 0.501. The maximum atomic E-state index is 12.7. The smallest absolute Gasteiger partial charge is 0.137 e. The number of nitrogens with one attached hydrogen (secondary N) is 1. The highest BCUT2D eigenvalue weighted by Crippen LogP contribution is 2.49. The zero-order chi connectivity index (χ0) is 11.6. The van der Waals surface area contributed by atoms with Crippen molar-refractivity contribution in [2.45, 2.75) is 4.90 Å². The Bertz CT molecular complexity index is 406. The van der Waals surface area contributed by atoms with Crippen LogP contribution in [0.5, 0.6) is 0 Å². The van der Waals surface area contributed by atoms with Gasteiger partial charge in [0.05, 0.1) is 18.0 Å². The molecule has 0 aromatic heterocycles. The van der Waals surface area contributed by atoms with E-state index in [4.69, 9.17) is 0 Å². The summed E-state index contributed by atoms with van der Waals surface area (Å²) in [6.07, 6.45) is 0. The maximum absolute atomic E-state index is 12.7. The molecule has 16 heavy (non-hydrogen) atoms. The summed E-state index contributed by atoms with van der Waals surface area (Å²) in [5.74, 6) is -0.400. The molecule has 88 valence electrons. The Morgan fingerprint density at radius 2 is 1.94 bits per heavy atom. The van der Waals surface area contributed by atoms with E-state index in [0.29, 0.717) is 23.0 Å². The van der Waals surface area contributed by atoms with Crippen LogP contribution in [0.2, 0.25) is 0 Å². The fraction of sp³-hybridized carbons (Fsp3) is 0.300. The summed E-state index contributed by atoms with van der Waals surface area (Å²) in [5, 5.41) is 3.36. The second kappa shape index (κ2) is 4.50. The topological polar surface area (TPSA) is 64.8 Å². The Morgan fingerprint density at radius 3 is 2.50 bits per heavy atom. The van der Waals surface area contributed by atoms with Gasteiger partial charge in [0.2, 0.25) is 0 Å². The number of hydrogen-bond donors (Lipinski definition) is 3. The first-order valence-electron chi connectivity index (χ1n) is 4.88. The molecule has 3 N–H and O–H groups in total. The SMILES string of the molecule is OS(O)(C1=NCCNC1)c1ccc(F)cc1. The Kier molecular flexibility index (Phi) is 3.25. The monoisotopic (exact) mass is 244 g/mol. The second-order valence-electron chi connectivity index (χ2n) is 3.46. The predicted octanol–water partition coefficient (Wildman–Crippen LogP) is 1.94. The molecule has 0 atom stereocenters. The lowest BCUT2D eigenvalue weighted by Crippen LogP contribution is -2.33. The molecule has 0 fully saturated rings. The molecule has 0 bridgehead atoms. The highest BCUT2D eigenvalue weighted by atomic mass is 32.3. The third-order valence-corrected chi connectivity index (χ3v) is 4.18. The molecule has 0 amide bonds. The van der Waals surface area contributed by atoms with E-state index in [1.807, 2.05) is 0 Å². The number of benzene rings is 1. The summed E-state index contributed by atoms with van der Waals surface area (Å²) < 4.78 is 32.8. The van der Waals surface area contributed by atoms with Crippen LogP contribution in [0.15, 0.2) is 34.2 Å². The van der Waals surface area contributed by atoms with Gasteiger partial charge in [-0.15, -0.1) is 10.6 Å². The van der Waals surface area contributed by atoms with E-state index in [1.165, 1.54) is 24.3 Å². The minimum absolute atomic E-state index is 0.302. The summed E-state index contributed by atoms with van der Waals surface area (Å²) in [6, 6.07) is 5.17. The van der Waals surface area contributed by atoms with Crippen molar-refractivity contribution in [1.29, 1.82) is 0 Å². The molecule has 2 rings (SSSR count). The van der Waals surface area contributed by atoms with Crippen LogP contribution >= 0.6 is 10.6 Å². The molecule has 0 aliphatic carbocycles. The molecular weight excluding hydrogens is 231 g/mol. The molecule has 0 saturated heterocycles. The fourth-order valence-corrected chi connectivity index (χ4v) is 2.82. The van der Waals surface area contributed by atoms with Crippen molar-refractivity contribution in [2.24, 2.45) is 4.99 Å². The third kappa shape index (κ3) is 2.25. The summed E-state index contributed by atoms with van der Waals surface area (Å²) in [7, 11) is -3.06. The first kappa shape index (κ1) is 11.5. The zero-order valence-corrected chi connectivity index (χ0v) is 9.38. The molecule has 4 nitrogen and oxygen atoms in total. The normalized spacial score (nSPS) is 18.1. The van der Waals surface area contributed by atoms with Crippen molar-refractivity contribution in [2.75, 3.05) is 19.6 Å². The van der Waals surface area contributed by atoms with Crippen molar-refractivity contribution < 1.29 is 13.5 Å². The third-order valence-electron chi connectivity index (χ3n) is 2.32. The Labute approximate surface area is 94.6 Å². The van der Waals surface area contributed by atoms with E-state index in [0.717, 1.165) is 6.54 Å². The van der Waals surface area contributed by atoms with Gasteiger partial charge in [-0.25, -0.2) is 4.39 Å². The number of hydrogen-bond acceptors (Lipinski definition) is 4. The van der Waals surface area contributed by atoms with Gasteiger partial charge < -0.3 is 5.32 Å². The van der Waals surface area contributed by atoms with E-state index < -0.39 is 16.4 Å². The van der Waals surface area contributed by atoms with Gasteiger partial charge in [-0.1, -0.05) is 0 Å². The lowest BCUT2D eigenvalue weighted by atomic mass is 10.4. The van der Waals surface area contributed by atoms with E-state index >= 15 is 0 Å². The van der Waals surface area contributed by atoms with Crippen LogP contribution in [0.3, 0.4) is 0 Å². The molecule has 1 aliphatic heterocycles. The molecule has 0 saturated carbocycles. The van der Waals surface area contributed by atoms with Crippen molar-refractivity contribution >= 4 is 15.6 Å². The van der Waals surface area contributed by atoms with Gasteiger partial charge in [-0.2, -0.15) is 0 Å². The van der Waals surface area contributed by atoms with Crippen LogP contribution in [0.1, 0.15) is 0 Å². The molecule has 1 heterocycles. The molecule has 1 aromatic carbocycles. The van der Waals surface area contributed by atoms with Crippen LogP contribution in [-0.2, 0) is 0 Å². The zero-order valence-electron chi connectivity index (χ0n) is 8.56. The first-order chi connectivity index (χ1) is 7.60. The molecule has 1 aromatic rings. The van der Waals surface area contributed by atoms with Gasteiger partial charge in [-0.05, 0) is 24.3 Å². The molecular formula is C10H13FN2O2S. The Hall–Kier alpha value is -0.950. The summed E-state index contributed by atoms with van der Waals surface area (Å²) in [5.41, 5.74) is 0. The minimum Gasteiger partial charge on any atom is -0.308 e. The average Bonchev–Trinajstić information content (AvgIpc) is 2.31. The molecule has 1 aliphatic rings. The van der Waals surface area contributed by atoms with Crippen molar-refractivity contribution in [1.82, 2.24) is 5.32 Å². The van der Waals surface area contributed by atoms with Crippen LogP contribution in [0.4, 0.5) is 4.39 Å². The lowest BCUT2D eigenvalue weighted by Gasteiger charge is -2.35. The van der Waals surface area contributed by atoms with Gasteiger partial charge in [0.1, 0.15) is 10.9 Å². The van der Waals surface area contributed by atoms with Crippen molar-refractivity contribution in [3.05, 3.63) is 30.1 Å². The standard InChI is InChI=1S/C10H13FN2O2S/c11-8-1-3-9(4-2-8)16(14,15)10-7-12-5-6-13-10/h1-4,12,14-15H,5-7H2. The quantitative estimate of drug-likeness (QED) is 0.707. The minimum atomic E-state index is -3.06. The van der Waals surface area contributed by atoms with E-state index in [2.05, 4.69) is 10.3 Å². The van der Waals surface area contributed by atoms with Crippen LogP contribution in [0.25, 0.3) is 0 Å². The van der Waals surface area contributed by atoms with Crippen LogP contribution in [-0.4, -0.2) is 33.8 Å². The Morgan fingerprint density at radius 1 is 1.25 bits per heavy atom. The second-order valence-corrected chi connectivity index (χ2v) is 5.50. The molecule has 0 unspecified atom stereocenters. The van der Waals surface area contributed by atoms with Gasteiger partial charge in [-0.3, -0.25) is 14.1 Å². The Balaban J connectivity index is 2.30. The van der Waals surface area contributed by atoms with Crippen molar-refractivity contribution in [3.8, 4) is 0 Å². The molecule has 0 radical (unpaired) electrons. The van der Waals surface area contributed by atoms with E-state index in [1.54, 1.807) is 0 Å². The van der Waals surface area contributed by atoms with Gasteiger partial charge >= 0.3 is 0 Å². The molecule has 6 heteroatoms. The number of rotatable bonds is 1. The molecule has 0 spiro atoms. The highest BCUT2D eigenvalue weighted by Gasteiger charge is 2.24. The highest BCUT2D eigenvalue weighted by molar-refractivity contribution is 8.37. The van der Waals surface area contributed by atoms with Gasteiger partial charge in [0.25, 0.3) is 0 Å². The summed E-state index contributed by atoms with van der Waals surface area (Å²) in [6.45, 7) is 1.63. The summed E-state index contributed by atoms with van der Waals surface area (Å²) in [4.78, 5) is 4.40. The van der Waals surface area contributed by atoms with Gasteiger partial charge in [0.15, 0.2) is 0 Å². The van der Waals surface area contributed by atoms with Crippen LogP contribution in [0, 0.1) is 5.82 Å². The van der Waals surface area contributed by atoms with Gasteiger partial charge in [0, 0.05) is 6.54 Å². The number of aliphatic imine (C=N–C) groups is 1. The maximum Gasteiger partial charge on any atom is 0.137 e. The van der Waals surface area contributed by atoms with Crippen molar-refractivity contribution in [3.63, 3.8) is 0 Å². The largest absolute Gasteiger partial charge is 0.308 e. The predicted molar refractivity (Wildman–Crippen MR) is 62.7 cm³/mol. The number of halogens is 1. The first-order valence-corrected chi connectivity index (χ1v) is 6.43. The van der Waals surface area contributed by atoms with E-state index in [9.17, 15) is 13.5 Å². The fourth-order valence-electron chi connectivity index (χ4n) is 1.46. The van der Waals surface area contributed by atoms with Crippen LogP contribution < -0.4 is 5.32 Å². The average molecular weight is 244 g/mol. The summed E-state index contributed by atoms with van der Waals surface area (Å²) >= 11 is 0. The van der Waals surface area contributed by atoms with E-state index in [-0.39, 0.29) is 0 Å².